The van der Waals surface area contributed by atoms with Gasteiger partial charge in [0.25, 0.3) is 0 Å². The van der Waals surface area contributed by atoms with Crippen molar-refractivity contribution in [2.75, 3.05) is 6.54 Å². The molecule has 0 bridgehead atoms. The molecule has 9 heteroatoms. The molecule has 0 radical (unpaired) electrons. The van der Waals surface area contributed by atoms with Gasteiger partial charge in [-0.15, -0.1) is 13.2 Å². The third-order valence-corrected chi connectivity index (χ3v) is 3.29. The maximum absolute atomic E-state index is 12.2. The van der Waals surface area contributed by atoms with Crippen molar-refractivity contribution in [3.05, 3.63) is 35.9 Å². The van der Waals surface area contributed by atoms with E-state index in [1.54, 1.807) is 30.3 Å². The lowest BCUT2D eigenvalue weighted by atomic mass is 10.2. The van der Waals surface area contributed by atoms with Crippen molar-refractivity contribution in [2.24, 2.45) is 0 Å². The van der Waals surface area contributed by atoms with Crippen molar-refractivity contribution in [1.29, 1.82) is 0 Å². The number of carbonyl (C=O) groups is 2. The Labute approximate surface area is 129 Å². The SMILES string of the molecule is O=C(O)[C@H]1C[C@@H](OC(F)(F)F)CN1C(=O)OCc1ccccc1. The number of hydrogen-bond donors (Lipinski definition) is 1. The number of aliphatic carboxylic acids is 1. The zero-order valence-electron chi connectivity index (χ0n) is 11.8. The minimum absolute atomic E-state index is 0.104. The van der Waals surface area contributed by atoms with Gasteiger partial charge in [-0.1, -0.05) is 30.3 Å². The predicted molar refractivity (Wildman–Crippen MR) is 70.3 cm³/mol. The molecule has 1 fully saturated rings. The number of alkyl halides is 3. The monoisotopic (exact) mass is 333 g/mol. The highest BCUT2D eigenvalue weighted by molar-refractivity contribution is 5.80. The number of amides is 1. The van der Waals surface area contributed by atoms with E-state index in [4.69, 9.17) is 9.84 Å². The molecular formula is C14H14F3NO5. The van der Waals surface area contributed by atoms with Crippen molar-refractivity contribution in [1.82, 2.24) is 4.90 Å². The summed E-state index contributed by atoms with van der Waals surface area (Å²) >= 11 is 0. The van der Waals surface area contributed by atoms with Crippen LogP contribution in [0.15, 0.2) is 30.3 Å². The van der Waals surface area contributed by atoms with Crippen LogP contribution in [0.25, 0.3) is 0 Å². The number of carbonyl (C=O) groups excluding carboxylic acids is 1. The molecule has 0 saturated carbocycles. The number of ether oxygens (including phenoxy) is 2. The highest BCUT2D eigenvalue weighted by Gasteiger charge is 2.45. The molecule has 6 nitrogen and oxygen atoms in total. The van der Waals surface area contributed by atoms with Crippen molar-refractivity contribution >= 4 is 12.1 Å². The second-order valence-electron chi connectivity index (χ2n) is 4.97. The summed E-state index contributed by atoms with van der Waals surface area (Å²) in [6.07, 6.45) is -7.76. The molecule has 1 aliphatic heterocycles. The topological polar surface area (TPSA) is 76.1 Å². The standard InChI is InChI=1S/C14H14F3NO5/c15-14(16,17)23-10-6-11(12(19)20)18(7-10)13(21)22-8-9-4-2-1-3-5-9/h1-5,10-11H,6-8H2,(H,19,20)/t10-,11-/m1/s1. The summed E-state index contributed by atoms with van der Waals surface area (Å²) in [5.74, 6) is -1.41. The Balaban J connectivity index is 1.97. The van der Waals surface area contributed by atoms with Gasteiger partial charge in [0.2, 0.25) is 0 Å². The Morgan fingerprint density at radius 2 is 1.91 bits per heavy atom. The molecular weight excluding hydrogens is 319 g/mol. The Hall–Kier alpha value is -2.29. The summed E-state index contributed by atoms with van der Waals surface area (Å²) in [6.45, 7) is -0.600. The lowest BCUT2D eigenvalue weighted by Crippen LogP contribution is -2.41. The molecule has 1 aliphatic rings. The molecule has 1 heterocycles. The second kappa shape index (κ2) is 6.86. The van der Waals surface area contributed by atoms with Gasteiger partial charge in [-0.2, -0.15) is 0 Å². The number of nitrogens with zero attached hydrogens (tertiary/aromatic N) is 1. The van der Waals surface area contributed by atoms with Crippen LogP contribution in [0.4, 0.5) is 18.0 Å². The summed E-state index contributed by atoms with van der Waals surface area (Å²) in [4.78, 5) is 23.8. The molecule has 2 atom stereocenters. The molecule has 0 aromatic heterocycles. The Bertz CT molecular complexity index is 563. The van der Waals surface area contributed by atoms with Crippen LogP contribution in [-0.2, 0) is 20.9 Å². The Morgan fingerprint density at radius 1 is 1.26 bits per heavy atom. The number of carboxylic acid groups (broad SMARTS) is 1. The van der Waals surface area contributed by atoms with E-state index in [9.17, 15) is 22.8 Å². The molecule has 0 spiro atoms. The van der Waals surface area contributed by atoms with Crippen molar-refractivity contribution in [3.8, 4) is 0 Å². The molecule has 1 amide bonds. The van der Waals surface area contributed by atoms with Gasteiger partial charge in [0.05, 0.1) is 12.6 Å². The zero-order chi connectivity index (χ0) is 17.0. The van der Waals surface area contributed by atoms with E-state index in [0.717, 1.165) is 4.90 Å². The number of hydrogen-bond acceptors (Lipinski definition) is 4. The maximum Gasteiger partial charge on any atom is 0.522 e. The average molecular weight is 333 g/mol. The fraction of sp³-hybridized carbons (Fsp3) is 0.429. The van der Waals surface area contributed by atoms with E-state index < -0.39 is 43.5 Å². The van der Waals surface area contributed by atoms with Crippen LogP contribution < -0.4 is 0 Å². The normalized spacial score (nSPS) is 21.3. The minimum Gasteiger partial charge on any atom is -0.480 e. The summed E-state index contributed by atoms with van der Waals surface area (Å²) in [6, 6.07) is 7.21. The fourth-order valence-electron chi connectivity index (χ4n) is 2.31. The quantitative estimate of drug-likeness (QED) is 0.915. The zero-order valence-corrected chi connectivity index (χ0v) is 11.8. The molecule has 1 saturated heterocycles. The number of benzene rings is 1. The number of carboxylic acids is 1. The first kappa shape index (κ1) is 17.1. The van der Waals surface area contributed by atoms with E-state index in [2.05, 4.69) is 4.74 Å². The summed E-state index contributed by atoms with van der Waals surface area (Å²) in [5, 5.41) is 9.05. The van der Waals surface area contributed by atoms with Crippen LogP contribution in [0.2, 0.25) is 0 Å². The Kier molecular flexibility index (Phi) is 5.09. The average Bonchev–Trinajstić information content (AvgIpc) is 2.88. The number of likely N-dealkylation sites (tertiary alicyclic amines) is 1. The molecule has 0 aliphatic carbocycles. The molecule has 0 unspecified atom stereocenters. The summed E-state index contributed by atoms with van der Waals surface area (Å²) < 4.78 is 45.5. The molecule has 23 heavy (non-hydrogen) atoms. The van der Waals surface area contributed by atoms with Gasteiger partial charge in [0, 0.05) is 6.42 Å². The predicted octanol–water partition coefficient (Wildman–Crippen LogP) is 2.39. The first-order valence-corrected chi connectivity index (χ1v) is 6.71. The highest BCUT2D eigenvalue weighted by atomic mass is 19.4. The first-order valence-electron chi connectivity index (χ1n) is 6.71. The first-order chi connectivity index (χ1) is 10.8. The highest BCUT2D eigenvalue weighted by Crippen LogP contribution is 2.28. The van der Waals surface area contributed by atoms with Gasteiger partial charge in [-0.05, 0) is 5.56 Å². The van der Waals surface area contributed by atoms with Gasteiger partial charge in [-0.3, -0.25) is 9.64 Å². The summed E-state index contributed by atoms with van der Waals surface area (Å²) in [7, 11) is 0. The smallest absolute Gasteiger partial charge is 0.480 e. The number of rotatable bonds is 4. The van der Waals surface area contributed by atoms with E-state index in [1.807, 2.05) is 0 Å². The second-order valence-corrected chi connectivity index (χ2v) is 4.97. The van der Waals surface area contributed by atoms with Crippen LogP contribution in [-0.4, -0.2) is 47.1 Å². The van der Waals surface area contributed by atoms with Gasteiger partial charge >= 0.3 is 18.4 Å². The lowest BCUT2D eigenvalue weighted by molar-refractivity contribution is -0.340. The minimum atomic E-state index is -4.89. The molecule has 126 valence electrons. The van der Waals surface area contributed by atoms with Gasteiger partial charge in [0.15, 0.2) is 0 Å². The molecule has 2 rings (SSSR count). The fourth-order valence-corrected chi connectivity index (χ4v) is 2.31. The van der Waals surface area contributed by atoms with Crippen molar-refractivity contribution < 1.29 is 37.3 Å². The maximum atomic E-state index is 12.2. The van der Waals surface area contributed by atoms with E-state index in [-0.39, 0.29) is 6.61 Å². The molecule has 1 N–H and O–H groups in total. The van der Waals surface area contributed by atoms with Crippen LogP contribution in [0.5, 0.6) is 0 Å². The lowest BCUT2D eigenvalue weighted by Gasteiger charge is -2.20. The van der Waals surface area contributed by atoms with Gasteiger partial charge in [-0.25, -0.2) is 9.59 Å². The van der Waals surface area contributed by atoms with Crippen LogP contribution in [0.3, 0.4) is 0 Å². The van der Waals surface area contributed by atoms with Crippen LogP contribution in [0.1, 0.15) is 12.0 Å². The van der Waals surface area contributed by atoms with Gasteiger partial charge in [0.1, 0.15) is 12.6 Å². The van der Waals surface area contributed by atoms with Crippen molar-refractivity contribution in [3.63, 3.8) is 0 Å². The third-order valence-electron chi connectivity index (χ3n) is 3.29. The largest absolute Gasteiger partial charge is 0.522 e. The van der Waals surface area contributed by atoms with E-state index >= 15 is 0 Å². The van der Waals surface area contributed by atoms with E-state index in [0.29, 0.717) is 5.56 Å². The Morgan fingerprint density at radius 3 is 2.48 bits per heavy atom. The van der Waals surface area contributed by atoms with Gasteiger partial charge < -0.3 is 9.84 Å². The number of halogens is 3. The van der Waals surface area contributed by atoms with Crippen LogP contribution >= 0.6 is 0 Å². The van der Waals surface area contributed by atoms with E-state index in [1.165, 1.54) is 0 Å². The van der Waals surface area contributed by atoms with Crippen LogP contribution in [0, 0.1) is 0 Å². The van der Waals surface area contributed by atoms with Crippen molar-refractivity contribution in [2.45, 2.75) is 31.5 Å². The third kappa shape index (κ3) is 4.85. The molecule has 1 aromatic rings. The molecule has 1 aromatic carbocycles. The summed E-state index contributed by atoms with van der Waals surface area (Å²) in [5.41, 5.74) is 0.676.